The lowest BCUT2D eigenvalue weighted by atomic mass is 10.00. The zero-order valence-electron chi connectivity index (χ0n) is 10.9. The van der Waals surface area contributed by atoms with Crippen LogP contribution in [0.1, 0.15) is 23.2 Å². The van der Waals surface area contributed by atoms with E-state index in [2.05, 4.69) is 10.6 Å². The number of alkyl halides is 3. The first-order valence-corrected chi connectivity index (χ1v) is 6.41. The van der Waals surface area contributed by atoms with Crippen LogP contribution < -0.4 is 10.6 Å². The molecule has 2 rings (SSSR count). The van der Waals surface area contributed by atoms with E-state index in [1.54, 1.807) is 0 Å². The highest BCUT2D eigenvalue weighted by Gasteiger charge is 2.41. The molecule has 1 aromatic carbocycles. The number of para-hydroxylation sites is 1. The molecule has 4 N–H and O–H groups in total. The first-order chi connectivity index (χ1) is 9.79. The molecule has 2 atom stereocenters. The smallest absolute Gasteiger partial charge is 0.403 e. The molecular formula is C13H15F3N2O3. The van der Waals surface area contributed by atoms with Crippen LogP contribution in [0, 0.1) is 0 Å². The van der Waals surface area contributed by atoms with Crippen molar-refractivity contribution in [1.82, 2.24) is 10.6 Å². The lowest BCUT2D eigenvalue weighted by molar-refractivity contribution is -0.160. The summed E-state index contributed by atoms with van der Waals surface area (Å²) in [5.74, 6) is -1.62. The van der Waals surface area contributed by atoms with Crippen LogP contribution >= 0.6 is 0 Å². The second-order valence-electron chi connectivity index (χ2n) is 4.92. The number of carbonyl (C=O) groups excluding carboxylic acids is 1. The van der Waals surface area contributed by atoms with E-state index < -0.39 is 35.7 Å². The van der Waals surface area contributed by atoms with E-state index in [1.807, 2.05) is 0 Å². The van der Waals surface area contributed by atoms with Crippen molar-refractivity contribution in [3.05, 3.63) is 23.8 Å². The van der Waals surface area contributed by atoms with Crippen LogP contribution in [0.3, 0.4) is 0 Å². The van der Waals surface area contributed by atoms with Gasteiger partial charge in [0.05, 0.1) is 5.56 Å². The summed E-state index contributed by atoms with van der Waals surface area (Å²) in [6.07, 6.45) is -4.23. The van der Waals surface area contributed by atoms with Crippen LogP contribution in [0.5, 0.6) is 11.5 Å². The maximum absolute atomic E-state index is 12.5. The van der Waals surface area contributed by atoms with Crippen molar-refractivity contribution in [2.75, 3.05) is 6.54 Å². The minimum absolute atomic E-state index is 0.00447. The number of piperidine rings is 1. The number of amides is 1. The van der Waals surface area contributed by atoms with Gasteiger partial charge in [0.25, 0.3) is 5.91 Å². The highest BCUT2D eigenvalue weighted by atomic mass is 19.4. The van der Waals surface area contributed by atoms with Gasteiger partial charge in [-0.3, -0.25) is 4.79 Å². The molecule has 8 heteroatoms. The van der Waals surface area contributed by atoms with Crippen LogP contribution in [-0.2, 0) is 0 Å². The summed E-state index contributed by atoms with van der Waals surface area (Å²) in [5.41, 5.74) is -0.118. The van der Waals surface area contributed by atoms with E-state index in [1.165, 1.54) is 18.2 Å². The number of halogens is 3. The Morgan fingerprint density at radius 3 is 2.57 bits per heavy atom. The highest BCUT2D eigenvalue weighted by Crippen LogP contribution is 2.29. The fourth-order valence-electron chi connectivity index (χ4n) is 2.24. The van der Waals surface area contributed by atoms with Gasteiger partial charge in [-0.1, -0.05) is 6.07 Å². The van der Waals surface area contributed by atoms with Crippen LogP contribution in [0.4, 0.5) is 13.2 Å². The van der Waals surface area contributed by atoms with E-state index in [4.69, 9.17) is 0 Å². The summed E-state index contributed by atoms with van der Waals surface area (Å²) in [7, 11) is 0. The van der Waals surface area contributed by atoms with Crippen molar-refractivity contribution in [2.24, 2.45) is 0 Å². The largest absolute Gasteiger partial charge is 0.504 e. The number of rotatable bonds is 2. The number of aromatic hydroxyl groups is 2. The van der Waals surface area contributed by atoms with Gasteiger partial charge in [-0.15, -0.1) is 0 Å². The van der Waals surface area contributed by atoms with Crippen molar-refractivity contribution in [3.8, 4) is 11.5 Å². The van der Waals surface area contributed by atoms with Gasteiger partial charge in [-0.05, 0) is 25.0 Å². The van der Waals surface area contributed by atoms with Gasteiger partial charge in [-0.25, -0.2) is 0 Å². The molecule has 5 nitrogen and oxygen atoms in total. The summed E-state index contributed by atoms with van der Waals surface area (Å²) in [5, 5.41) is 23.8. The molecular weight excluding hydrogens is 289 g/mol. The molecule has 116 valence electrons. The first kappa shape index (κ1) is 15.4. The zero-order chi connectivity index (χ0) is 15.6. The average Bonchev–Trinajstić information content (AvgIpc) is 2.41. The number of nitrogens with one attached hydrogen (secondary N) is 2. The monoisotopic (exact) mass is 304 g/mol. The topological polar surface area (TPSA) is 81.6 Å². The van der Waals surface area contributed by atoms with Gasteiger partial charge in [-0.2, -0.15) is 13.2 Å². The average molecular weight is 304 g/mol. The summed E-state index contributed by atoms with van der Waals surface area (Å²) < 4.78 is 37.4. The third-order valence-electron chi connectivity index (χ3n) is 3.40. The number of carbonyl (C=O) groups is 1. The highest BCUT2D eigenvalue weighted by molar-refractivity contribution is 5.97. The van der Waals surface area contributed by atoms with E-state index in [-0.39, 0.29) is 24.9 Å². The Kier molecular flexibility index (Phi) is 4.26. The molecule has 1 aliphatic rings. The second-order valence-corrected chi connectivity index (χ2v) is 4.92. The Hall–Kier alpha value is -1.96. The van der Waals surface area contributed by atoms with E-state index in [0.29, 0.717) is 0 Å². The molecule has 2 unspecified atom stereocenters. The minimum Gasteiger partial charge on any atom is -0.504 e. The molecule has 1 amide bonds. The molecule has 1 aromatic rings. The number of phenolic OH excluding ortho intramolecular Hbond substituents is 2. The third-order valence-corrected chi connectivity index (χ3v) is 3.40. The lowest BCUT2D eigenvalue weighted by Gasteiger charge is -2.31. The summed E-state index contributed by atoms with van der Waals surface area (Å²) in [6.45, 7) is -0.00447. The van der Waals surface area contributed by atoms with Crippen molar-refractivity contribution in [3.63, 3.8) is 0 Å². The Bertz CT molecular complexity index is 526. The van der Waals surface area contributed by atoms with Crippen molar-refractivity contribution in [1.29, 1.82) is 0 Å². The van der Waals surface area contributed by atoms with Crippen LogP contribution in [0.15, 0.2) is 18.2 Å². The fourth-order valence-corrected chi connectivity index (χ4v) is 2.24. The summed E-state index contributed by atoms with van der Waals surface area (Å²) in [4.78, 5) is 11.9. The van der Waals surface area contributed by atoms with Crippen LogP contribution in [0.2, 0.25) is 0 Å². The molecule has 0 aliphatic carbocycles. The molecule has 1 aliphatic heterocycles. The molecule has 0 saturated carbocycles. The summed E-state index contributed by atoms with van der Waals surface area (Å²) in [6, 6.07) is 1.92. The minimum atomic E-state index is -4.29. The quantitative estimate of drug-likeness (QED) is 0.624. The Balaban J connectivity index is 1.95. The van der Waals surface area contributed by atoms with Crippen molar-refractivity contribution < 1.29 is 28.2 Å². The molecule has 1 heterocycles. The normalized spacial score (nSPS) is 22.8. The predicted molar refractivity (Wildman–Crippen MR) is 68.1 cm³/mol. The van der Waals surface area contributed by atoms with Crippen LogP contribution in [0.25, 0.3) is 0 Å². The molecule has 0 aromatic heterocycles. The zero-order valence-corrected chi connectivity index (χ0v) is 10.9. The van der Waals surface area contributed by atoms with Gasteiger partial charge in [0.15, 0.2) is 11.5 Å². The van der Waals surface area contributed by atoms with Gasteiger partial charge in [0, 0.05) is 12.6 Å². The number of hydrogen-bond acceptors (Lipinski definition) is 4. The third kappa shape index (κ3) is 3.57. The predicted octanol–water partition coefficient (Wildman–Crippen LogP) is 1.51. The summed E-state index contributed by atoms with van der Waals surface area (Å²) >= 11 is 0. The number of hydrogen-bond donors (Lipinski definition) is 4. The number of phenols is 2. The van der Waals surface area contributed by atoms with Crippen LogP contribution in [-0.4, -0.2) is 40.9 Å². The lowest BCUT2D eigenvalue weighted by Crippen LogP contribution is -2.54. The first-order valence-electron chi connectivity index (χ1n) is 6.41. The molecule has 1 saturated heterocycles. The Labute approximate surface area is 118 Å². The fraction of sp³-hybridized carbons (Fsp3) is 0.462. The van der Waals surface area contributed by atoms with Crippen molar-refractivity contribution in [2.45, 2.75) is 31.1 Å². The molecule has 0 bridgehead atoms. The van der Waals surface area contributed by atoms with Gasteiger partial charge in [0.1, 0.15) is 6.04 Å². The Morgan fingerprint density at radius 2 is 2.00 bits per heavy atom. The van der Waals surface area contributed by atoms with Crippen molar-refractivity contribution >= 4 is 5.91 Å². The molecule has 0 spiro atoms. The number of benzene rings is 1. The molecule has 21 heavy (non-hydrogen) atoms. The Morgan fingerprint density at radius 1 is 1.29 bits per heavy atom. The standard InChI is InChI=1S/C13H15F3N2O3/c14-13(15,16)10-5-4-7(6-17-10)18-12(21)8-2-1-3-9(19)11(8)20/h1-3,7,10,17,19-20H,4-6H2,(H,18,21). The molecule has 1 fully saturated rings. The maximum atomic E-state index is 12.5. The maximum Gasteiger partial charge on any atom is 0.403 e. The van der Waals surface area contributed by atoms with E-state index in [9.17, 15) is 28.2 Å². The van der Waals surface area contributed by atoms with Gasteiger partial charge in [0.2, 0.25) is 0 Å². The van der Waals surface area contributed by atoms with Gasteiger partial charge < -0.3 is 20.8 Å². The molecule has 0 radical (unpaired) electrons. The van der Waals surface area contributed by atoms with Gasteiger partial charge >= 0.3 is 6.18 Å². The van der Waals surface area contributed by atoms with E-state index in [0.717, 1.165) is 0 Å². The van der Waals surface area contributed by atoms with E-state index >= 15 is 0 Å². The SMILES string of the molecule is O=C(NC1CCC(C(F)(F)F)NC1)c1cccc(O)c1O. The second kappa shape index (κ2) is 5.80.